The summed E-state index contributed by atoms with van der Waals surface area (Å²) >= 11 is 0. The van der Waals surface area contributed by atoms with Crippen LogP contribution in [0, 0.1) is 18.3 Å². The second kappa shape index (κ2) is 7.64. The lowest BCUT2D eigenvalue weighted by molar-refractivity contribution is 0.0600. The number of aromatic nitrogens is 2. The highest BCUT2D eigenvalue weighted by Gasteiger charge is 2.23. The van der Waals surface area contributed by atoms with Gasteiger partial charge in [0.05, 0.1) is 40.5 Å². The number of methoxy groups -OCH3 is 1. The summed E-state index contributed by atoms with van der Waals surface area (Å²) in [6.07, 6.45) is 1.60. The predicted octanol–water partition coefficient (Wildman–Crippen LogP) is 4.02. The molecule has 2 aromatic heterocycles. The van der Waals surface area contributed by atoms with E-state index in [9.17, 15) is 14.9 Å². The Labute approximate surface area is 172 Å². The monoisotopic (exact) mass is 395 g/mol. The van der Waals surface area contributed by atoms with Gasteiger partial charge in [-0.25, -0.2) is 4.79 Å². The molecule has 6 heteroatoms. The molecule has 0 spiro atoms. The Morgan fingerprint density at radius 1 is 1.07 bits per heavy atom. The van der Waals surface area contributed by atoms with Gasteiger partial charge in [-0.05, 0) is 30.7 Å². The number of hydrogen-bond acceptors (Lipinski definition) is 5. The van der Waals surface area contributed by atoms with Crippen molar-refractivity contribution in [2.75, 3.05) is 7.11 Å². The summed E-state index contributed by atoms with van der Waals surface area (Å²) in [6, 6.07) is 19.9. The lowest BCUT2D eigenvalue weighted by Gasteiger charge is -2.16. The molecule has 0 aliphatic carbocycles. The Balaban J connectivity index is 2.18. The fourth-order valence-electron chi connectivity index (χ4n) is 3.61. The van der Waals surface area contributed by atoms with E-state index in [-0.39, 0.29) is 11.1 Å². The highest BCUT2D eigenvalue weighted by atomic mass is 16.5. The van der Waals surface area contributed by atoms with Crippen LogP contribution in [-0.2, 0) is 4.74 Å². The highest BCUT2D eigenvalue weighted by Crippen LogP contribution is 2.32. The van der Waals surface area contributed by atoms with Crippen molar-refractivity contribution >= 4 is 16.9 Å². The maximum atomic E-state index is 13.6. The van der Waals surface area contributed by atoms with Gasteiger partial charge in [0.1, 0.15) is 6.07 Å². The number of aryl methyl sites for hydroxylation is 1. The molecule has 146 valence electrons. The van der Waals surface area contributed by atoms with Gasteiger partial charge in [-0.3, -0.25) is 14.3 Å². The van der Waals surface area contributed by atoms with Crippen LogP contribution >= 0.6 is 0 Å². The molecule has 0 N–H and O–H groups in total. The molecule has 2 heterocycles. The molecule has 4 aromatic rings. The van der Waals surface area contributed by atoms with Gasteiger partial charge in [0.2, 0.25) is 0 Å². The van der Waals surface area contributed by atoms with Crippen molar-refractivity contribution in [1.82, 2.24) is 9.55 Å². The molecule has 0 radical (unpaired) electrons. The third-order valence-electron chi connectivity index (χ3n) is 4.96. The van der Waals surface area contributed by atoms with E-state index >= 15 is 0 Å². The second-order valence-corrected chi connectivity index (χ2v) is 6.68. The minimum atomic E-state index is -0.562. The molecular formula is C24H17N3O3. The number of benzene rings is 2. The molecule has 6 nitrogen and oxygen atoms in total. The topological polar surface area (TPSA) is 85.0 Å². The lowest BCUT2D eigenvalue weighted by Crippen LogP contribution is -2.21. The van der Waals surface area contributed by atoms with Crippen molar-refractivity contribution in [2.45, 2.75) is 6.92 Å². The Morgan fingerprint density at radius 2 is 1.77 bits per heavy atom. The number of rotatable bonds is 3. The van der Waals surface area contributed by atoms with E-state index in [0.717, 1.165) is 0 Å². The maximum Gasteiger partial charge on any atom is 0.340 e. The van der Waals surface area contributed by atoms with Crippen molar-refractivity contribution in [2.24, 2.45) is 0 Å². The SMILES string of the molecule is COC(=O)c1c(C)nc2ccn(-c3ccccc3C#N)c(=O)c2c1-c1ccccc1. The number of carbonyl (C=O) groups excluding carboxylic acids is 1. The molecular weight excluding hydrogens is 378 g/mol. The van der Waals surface area contributed by atoms with Crippen LogP contribution in [0.15, 0.2) is 71.7 Å². The first-order valence-electron chi connectivity index (χ1n) is 9.26. The van der Waals surface area contributed by atoms with Gasteiger partial charge >= 0.3 is 5.97 Å². The molecule has 0 unspecified atom stereocenters. The summed E-state index contributed by atoms with van der Waals surface area (Å²) < 4.78 is 6.40. The molecule has 30 heavy (non-hydrogen) atoms. The number of hydrogen-bond donors (Lipinski definition) is 0. The highest BCUT2D eigenvalue weighted by molar-refractivity contribution is 6.07. The van der Waals surface area contributed by atoms with Gasteiger partial charge in [0, 0.05) is 11.8 Å². The standard InChI is InChI=1S/C24H17N3O3/c1-15-20(24(29)30-2)21(16-8-4-3-5-9-16)22-18(26-15)12-13-27(23(22)28)19-11-7-6-10-17(19)14-25/h3-13H,1-2H3. The van der Waals surface area contributed by atoms with Gasteiger partial charge in [-0.15, -0.1) is 0 Å². The molecule has 0 saturated heterocycles. The zero-order valence-corrected chi connectivity index (χ0v) is 16.4. The van der Waals surface area contributed by atoms with Gasteiger partial charge in [0.15, 0.2) is 0 Å². The maximum absolute atomic E-state index is 13.6. The molecule has 0 saturated carbocycles. The molecule has 0 amide bonds. The van der Waals surface area contributed by atoms with Crippen molar-refractivity contribution in [3.05, 3.63) is 94.0 Å². The van der Waals surface area contributed by atoms with Crippen LogP contribution < -0.4 is 5.56 Å². The van der Waals surface area contributed by atoms with E-state index in [1.54, 1.807) is 43.5 Å². The minimum absolute atomic E-state index is 0.250. The van der Waals surface area contributed by atoms with Crippen molar-refractivity contribution in [1.29, 1.82) is 5.26 Å². The smallest absolute Gasteiger partial charge is 0.340 e. The van der Waals surface area contributed by atoms with Crippen LogP contribution in [0.3, 0.4) is 0 Å². The Bertz CT molecular complexity index is 1380. The summed E-state index contributed by atoms with van der Waals surface area (Å²) in [5.74, 6) is -0.562. The number of carbonyl (C=O) groups is 1. The summed E-state index contributed by atoms with van der Waals surface area (Å²) in [6.45, 7) is 1.72. The van der Waals surface area contributed by atoms with Crippen LogP contribution in [0.25, 0.3) is 27.7 Å². The average Bonchev–Trinajstić information content (AvgIpc) is 2.78. The molecule has 2 aromatic carbocycles. The largest absolute Gasteiger partial charge is 0.465 e. The average molecular weight is 395 g/mol. The number of para-hydroxylation sites is 1. The Hall–Kier alpha value is -4.24. The van der Waals surface area contributed by atoms with Crippen LogP contribution in [-0.4, -0.2) is 22.6 Å². The zero-order valence-electron chi connectivity index (χ0n) is 16.4. The minimum Gasteiger partial charge on any atom is -0.465 e. The fourth-order valence-corrected chi connectivity index (χ4v) is 3.61. The lowest BCUT2D eigenvalue weighted by atomic mass is 9.95. The van der Waals surface area contributed by atoms with Crippen molar-refractivity contribution < 1.29 is 9.53 Å². The van der Waals surface area contributed by atoms with Crippen LogP contribution in [0.5, 0.6) is 0 Å². The number of pyridine rings is 2. The molecule has 0 atom stereocenters. The van der Waals surface area contributed by atoms with E-state index in [4.69, 9.17) is 4.74 Å². The van der Waals surface area contributed by atoms with Crippen LogP contribution in [0.4, 0.5) is 0 Å². The van der Waals surface area contributed by atoms with Gasteiger partial charge < -0.3 is 4.74 Å². The van der Waals surface area contributed by atoms with E-state index in [1.165, 1.54) is 11.7 Å². The van der Waals surface area contributed by atoms with Crippen molar-refractivity contribution in [3.8, 4) is 22.9 Å². The summed E-state index contributed by atoms with van der Waals surface area (Å²) in [5, 5.41) is 9.76. The normalized spacial score (nSPS) is 10.6. The Morgan fingerprint density at radius 3 is 2.47 bits per heavy atom. The van der Waals surface area contributed by atoms with Gasteiger partial charge in [-0.1, -0.05) is 42.5 Å². The molecule has 0 aliphatic rings. The van der Waals surface area contributed by atoms with Crippen LogP contribution in [0.2, 0.25) is 0 Å². The predicted molar refractivity (Wildman–Crippen MR) is 114 cm³/mol. The first kappa shape index (κ1) is 19.1. The van der Waals surface area contributed by atoms with E-state index in [2.05, 4.69) is 11.1 Å². The van der Waals surface area contributed by atoms with Crippen LogP contribution in [0.1, 0.15) is 21.6 Å². The van der Waals surface area contributed by atoms with Gasteiger partial charge in [0.25, 0.3) is 5.56 Å². The number of nitriles is 1. The number of esters is 1. The van der Waals surface area contributed by atoms with E-state index < -0.39 is 5.97 Å². The number of nitrogens with zero attached hydrogens (tertiary/aromatic N) is 3. The zero-order chi connectivity index (χ0) is 21.3. The van der Waals surface area contributed by atoms with E-state index in [1.807, 2.05) is 30.3 Å². The fraction of sp³-hybridized carbons (Fsp3) is 0.0833. The summed E-state index contributed by atoms with van der Waals surface area (Å²) in [4.78, 5) is 30.7. The molecule has 0 fully saturated rings. The third-order valence-corrected chi connectivity index (χ3v) is 4.96. The summed E-state index contributed by atoms with van der Waals surface area (Å²) in [5.41, 5.74) is 2.83. The number of fused-ring (bicyclic) bond motifs is 1. The van der Waals surface area contributed by atoms with Gasteiger partial charge in [-0.2, -0.15) is 5.26 Å². The van der Waals surface area contributed by atoms with E-state index in [0.29, 0.717) is 39.0 Å². The molecule has 0 bridgehead atoms. The Kier molecular flexibility index (Phi) is 4.87. The quantitative estimate of drug-likeness (QED) is 0.489. The van der Waals surface area contributed by atoms with Crippen molar-refractivity contribution in [3.63, 3.8) is 0 Å². The first-order valence-corrected chi connectivity index (χ1v) is 9.26. The summed E-state index contributed by atoms with van der Waals surface area (Å²) in [7, 11) is 1.30. The second-order valence-electron chi connectivity index (χ2n) is 6.68. The first-order chi connectivity index (χ1) is 14.6. The molecule has 0 aliphatic heterocycles. The molecule has 4 rings (SSSR count). The third kappa shape index (κ3) is 3.03. The number of ether oxygens (including phenoxy) is 1.